The highest BCUT2D eigenvalue weighted by Crippen LogP contribution is 2.33. The highest BCUT2D eigenvalue weighted by atomic mass is 32.2. The van der Waals surface area contributed by atoms with E-state index in [1.165, 1.54) is 4.91 Å². The third-order valence-electron chi connectivity index (χ3n) is 1.38. The Kier molecular flexibility index (Phi) is 4.58. The van der Waals surface area contributed by atoms with E-state index in [1.54, 1.807) is 11.8 Å². The summed E-state index contributed by atoms with van der Waals surface area (Å²) in [5, 5.41) is 2.12. The number of rotatable bonds is 3. The van der Waals surface area contributed by atoms with Crippen molar-refractivity contribution in [1.82, 2.24) is 0 Å². The molecular formula is C10H18S. The van der Waals surface area contributed by atoms with Crippen LogP contribution in [0, 0.1) is 5.41 Å². The molecule has 0 aliphatic rings. The SMILES string of the molecule is C=C(SC=CCC)C(C)(C)C. The highest BCUT2D eigenvalue weighted by molar-refractivity contribution is 8.05. The Labute approximate surface area is 74.8 Å². The van der Waals surface area contributed by atoms with Gasteiger partial charge in [0.1, 0.15) is 0 Å². The predicted molar refractivity (Wildman–Crippen MR) is 55.6 cm³/mol. The van der Waals surface area contributed by atoms with E-state index in [-0.39, 0.29) is 5.41 Å². The van der Waals surface area contributed by atoms with Crippen LogP contribution in [0.15, 0.2) is 23.0 Å². The first-order chi connectivity index (χ1) is 4.98. The standard InChI is InChI=1S/C10H18S/c1-6-7-8-11-9(2)10(3,4)5/h7-8H,2,6H2,1,3-5H3. The molecule has 0 spiro atoms. The van der Waals surface area contributed by atoms with E-state index < -0.39 is 0 Å². The van der Waals surface area contributed by atoms with E-state index in [1.807, 2.05) is 0 Å². The molecule has 0 bridgehead atoms. The summed E-state index contributed by atoms with van der Waals surface area (Å²) in [6, 6.07) is 0. The van der Waals surface area contributed by atoms with E-state index >= 15 is 0 Å². The summed E-state index contributed by atoms with van der Waals surface area (Å²) < 4.78 is 0. The molecule has 0 radical (unpaired) electrons. The molecule has 0 heterocycles. The topological polar surface area (TPSA) is 0 Å². The van der Waals surface area contributed by atoms with Gasteiger partial charge in [-0.3, -0.25) is 0 Å². The molecule has 0 aliphatic carbocycles. The van der Waals surface area contributed by atoms with Crippen molar-refractivity contribution in [3.63, 3.8) is 0 Å². The quantitative estimate of drug-likeness (QED) is 0.611. The molecule has 1 heteroatoms. The van der Waals surface area contributed by atoms with Crippen molar-refractivity contribution >= 4 is 11.8 Å². The fourth-order valence-electron chi connectivity index (χ4n) is 0.403. The van der Waals surface area contributed by atoms with Gasteiger partial charge in [0.25, 0.3) is 0 Å². The Morgan fingerprint density at radius 1 is 1.45 bits per heavy atom. The summed E-state index contributed by atoms with van der Waals surface area (Å²) in [5.41, 5.74) is 0.225. The third kappa shape index (κ3) is 5.14. The van der Waals surface area contributed by atoms with Crippen LogP contribution in [-0.4, -0.2) is 0 Å². The summed E-state index contributed by atoms with van der Waals surface area (Å²) in [5.74, 6) is 0. The monoisotopic (exact) mass is 170 g/mol. The Hall–Kier alpha value is -0.170. The van der Waals surface area contributed by atoms with Crippen molar-refractivity contribution in [3.8, 4) is 0 Å². The third-order valence-corrected chi connectivity index (χ3v) is 2.60. The maximum atomic E-state index is 4.01. The average molecular weight is 170 g/mol. The Balaban J connectivity index is 3.80. The zero-order valence-corrected chi connectivity index (χ0v) is 8.79. The van der Waals surface area contributed by atoms with Crippen LogP contribution in [0.2, 0.25) is 0 Å². The summed E-state index contributed by atoms with van der Waals surface area (Å²) in [7, 11) is 0. The molecule has 0 amide bonds. The molecule has 0 nitrogen and oxygen atoms in total. The lowest BCUT2D eigenvalue weighted by Crippen LogP contribution is -2.04. The molecule has 0 atom stereocenters. The Morgan fingerprint density at radius 2 is 2.00 bits per heavy atom. The van der Waals surface area contributed by atoms with Gasteiger partial charge in [0, 0.05) is 0 Å². The molecule has 11 heavy (non-hydrogen) atoms. The largest absolute Gasteiger partial charge is 0.103 e. The van der Waals surface area contributed by atoms with Crippen LogP contribution in [0.5, 0.6) is 0 Å². The minimum Gasteiger partial charge on any atom is -0.103 e. The molecule has 0 N–H and O–H groups in total. The Morgan fingerprint density at radius 3 is 2.36 bits per heavy atom. The highest BCUT2D eigenvalue weighted by Gasteiger charge is 2.13. The van der Waals surface area contributed by atoms with Gasteiger partial charge in [0.15, 0.2) is 0 Å². The van der Waals surface area contributed by atoms with Crippen LogP contribution in [0.4, 0.5) is 0 Å². The molecule has 0 unspecified atom stereocenters. The van der Waals surface area contributed by atoms with Gasteiger partial charge in [-0.1, -0.05) is 40.3 Å². The van der Waals surface area contributed by atoms with E-state index in [9.17, 15) is 0 Å². The first-order valence-electron chi connectivity index (χ1n) is 3.99. The predicted octanol–water partition coefficient (Wildman–Crippen LogP) is 4.20. The normalized spacial score (nSPS) is 12.4. The first kappa shape index (κ1) is 10.8. The fraction of sp³-hybridized carbons (Fsp3) is 0.600. The molecule has 0 aromatic rings. The van der Waals surface area contributed by atoms with Crippen LogP contribution < -0.4 is 0 Å². The zero-order valence-electron chi connectivity index (χ0n) is 7.98. The van der Waals surface area contributed by atoms with E-state index in [2.05, 4.69) is 45.8 Å². The summed E-state index contributed by atoms with van der Waals surface area (Å²) >= 11 is 1.73. The number of allylic oxidation sites excluding steroid dienone is 2. The second-order valence-corrected chi connectivity index (χ2v) is 4.57. The maximum absolute atomic E-state index is 4.01. The van der Waals surface area contributed by atoms with Crippen molar-refractivity contribution < 1.29 is 0 Å². The average Bonchev–Trinajstić information content (AvgIpc) is 1.86. The summed E-state index contributed by atoms with van der Waals surface area (Å²) in [6.07, 6.45) is 3.26. The van der Waals surface area contributed by atoms with Gasteiger partial charge in [-0.05, 0) is 22.1 Å². The molecule has 0 fully saturated rings. The van der Waals surface area contributed by atoms with E-state index in [0.29, 0.717) is 0 Å². The summed E-state index contributed by atoms with van der Waals surface area (Å²) in [6.45, 7) is 12.7. The van der Waals surface area contributed by atoms with Gasteiger partial charge in [-0.25, -0.2) is 0 Å². The van der Waals surface area contributed by atoms with Crippen LogP contribution in [0.3, 0.4) is 0 Å². The molecule has 0 rings (SSSR count). The van der Waals surface area contributed by atoms with Crippen molar-refractivity contribution in [2.75, 3.05) is 0 Å². The van der Waals surface area contributed by atoms with Gasteiger partial charge >= 0.3 is 0 Å². The number of hydrogen-bond donors (Lipinski definition) is 0. The number of hydrogen-bond acceptors (Lipinski definition) is 1. The van der Waals surface area contributed by atoms with Gasteiger partial charge in [-0.15, -0.1) is 11.8 Å². The minimum absolute atomic E-state index is 0.225. The van der Waals surface area contributed by atoms with Crippen LogP contribution in [0.1, 0.15) is 34.1 Å². The summed E-state index contributed by atoms with van der Waals surface area (Å²) in [4.78, 5) is 1.22. The van der Waals surface area contributed by atoms with E-state index in [4.69, 9.17) is 0 Å². The molecule has 0 saturated carbocycles. The van der Waals surface area contributed by atoms with Crippen molar-refractivity contribution in [3.05, 3.63) is 23.0 Å². The molecule has 0 aliphatic heterocycles. The molecule has 0 aromatic heterocycles. The minimum atomic E-state index is 0.225. The molecular weight excluding hydrogens is 152 g/mol. The van der Waals surface area contributed by atoms with Gasteiger partial charge in [0.05, 0.1) is 0 Å². The smallest absolute Gasteiger partial charge is 0.00746 e. The van der Waals surface area contributed by atoms with Crippen molar-refractivity contribution in [2.24, 2.45) is 5.41 Å². The lowest BCUT2D eigenvalue weighted by molar-refractivity contribution is 0.535. The second kappa shape index (κ2) is 4.66. The van der Waals surface area contributed by atoms with Crippen molar-refractivity contribution in [1.29, 1.82) is 0 Å². The van der Waals surface area contributed by atoms with Crippen LogP contribution in [0.25, 0.3) is 0 Å². The van der Waals surface area contributed by atoms with Crippen molar-refractivity contribution in [2.45, 2.75) is 34.1 Å². The molecule has 0 aromatic carbocycles. The van der Waals surface area contributed by atoms with Crippen LogP contribution in [-0.2, 0) is 0 Å². The lowest BCUT2D eigenvalue weighted by atomic mass is 9.97. The van der Waals surface area contributed by atoms with Crippen LogP contribution >= 0.6 is 11.8 Å². The van der Waals surface area contributed by atoms with Gasteiger partial charge < -0.3 is 0 Å². The lowest BCUT2D eigenvalue weighted by Gasteiger charge is -2.19. The fourth-order valence-corrected chi connectivity index (χ4v) is 1.21. The first-order valence-corrected chi connectivity index (χ1v) is 4.87. The zero-order chi connectivity index (χ0) is 8.91. The molecule has 64 valence electrons. The maximum Gasteiger partial charge on any atom is -0.00746 e. The molecule has 0 saturated heterocycles. The van der Waals surface area contributed by atoms with Gasteiger partial charge in [0.2, 0.25) is 0 Å². The van der Waals surface area contributed by atoms with E-state index in [0.717, 1.165) is 6.42 Å². The number of thioether (sulfide) groups is 1. The second-order valence-electron chi connectivity index (χ2n) is 3.57. The Bertz CT molecular complexity index is 149. The van der Waals surface area contributed by atoms with Gasteiger partial charge in [-0.2, -0.15) is 0 Å².